The van der Waals surface area contributed by atoms with Gasteiger partial charge in [0.1, 0.15) is 22.4 Å². The highest BCUT2D eigenvalue weighted by Gasteiger charge is 2.35. The van der Waals surface area contributed by atoms with E-state index < -0.39 is 46.8 Å². The van der Waals surface area contributed by atoms with E-state index in [2.05, 4.69) is 162 Å². The first-order chi connectivity index (χ1) is 41.8. The van der Waals surface area contributed by atoms with E-state index in [1.165, 1.54) is 22.3 Å². The number of nitrogens with one attached hydrogen (secondary N) is 4. The second-order valence-electron chi connectivity index (χ2n) is 28.0. The van der Waals surface area contributed by atoms with Gasteiger partial charge < -0.3 is 40.2 Å². The van der Waals surface area contributed by atoms with Crippen LogP contribution < -0.4 is 21.3 Å². The van der Waals surface area contributed by atoms with E-state index in [0.29, 0.717) is 26.2 Å². The number of carbonyl (C=O) groups is 4. The fourth-order valence-corrected chi connectivity index (χ4v) is 11.3. The number of alkyl carbamates (subject to hydrolysis) is 4. The molecule has 1 heterocycles. The van der Waals surface area contributed by atoms with Crippen molar-refractivity contribution in [3.63, 3.8) is 0 Å². The number of benzene rings is 4. The molecule has 1 saturated heterocycles. The number of hydrogen-bond donors (Lipinski definition) is 4. The standard InChI is InChI=1S/C72H112N8O8/c1-69(2,3)85-65(81)73-45-29-25-41-61-53-78(50-58-35-19-14-20-36-58)63(43-27-31-47-75-67(83)87-71(7,8)9)55-80(52-60-39-23-16-24-40-60)64(44-28-32-48-76-68(84)88-72(10,11)12)56-79(51-59-37-21-15-22-38-59)62(54-77(61)49-57-33-17-13-18-34-57)42-26-30-46-74-66(82)86-70(4,5)6/h13-24,33-40,61-64H,25-32,41-56H2,1-12H3,(H,73,81)(H,74,82)(H,75,83)(H,76,84)/t61-,62-,63-,64-/m0/s1. The average Bonchev–Trinajstić information content (AvgIpc) is 3.45. The molecule has 4 amide bonds. The van der Waals surface area contributed by atoms with Crippen LogP contribution in [0.5, 0.6) is 0 Å². The minimum absolute atomic E-state index is 0.0898. The molecule has 0 radical (unpaired) electrons. The first-order valence-corrected chi connectivity index (χ1v) is 32.7. The molecule has 488 valence electrons. The predicted octanol–water partition coefficient (Wildman–Crippen LogP) is 14.3. The van der Waals surface area contributed by atoms with Crippen molar-refractivity contribution in [3.05, 3.63) is 144 Å². The third-order valence-corrected chi connectivity index (χ3v) is 15.3. The first kappa shape index (κ1) is 72.5. The van der Waals surface area contributed by atoms with Crippen LogP contribution in [0.3, 0.4) is 0 Å². The van der Waals surface area contributed by atoms with E-state index in [1.54, 1.807) is 0 Å². The normalized spacial score (nSPS) is 18.0. The van der Waals surface area contributed by atoms with Crippen LogP contribution in [0.1, 0.15) is 182 Å². The van der Waals surface area contributed by atoms with Gasteiger partial charge in [0, 0.05) is 103 Å². The molecular weight excluding hydrogens is 1100 g/mol. The number of ether oxygens (including phenoxy) is 4. The molecule has 5 rings (SSSR count). The second kappa shape index (κ2) is 37.1. The van der Waals surface area contributed by atoms with Gasteiger partial charge in [0.25, 0.3) is 0 Å². The van der Waals surface area contributed by atoms with Gasteiger partial charge in [-0.05, 0) is 157 Å². The molecule has 0 aliphatic carbocycles. The van der Waals surface area contributed by atoms with Crippen LogP contribution in [0.2, 0.25) is 0 Å². The highest BCUT2D eigenvalue weighted by Crippen LogP contribution is 2.29. The summed E-state index contributed by atoms with van der Waals surface area (Å²) in [6, 6.07) is 43.9. The van der Waals surface area contributed by atoms with Gasteiger partial charge >= 0.3 is 24.4 Å². The average molecular weight is 1220 g/mol. The van der Waals surface area contributed by atoms with E-state index in [9.17, 15) is 19.2 Å². The van der Waals surface area contributed by atoms with Gasteiger partial charge in [0.15, 0.2) is 0 Å². The number of carbonyl (C=O) groups excluding carboxylic acids is 4. The smallest absolute Gasteiger partial charge is 0.407 e. The summed E-state index contributed by atoms with van der Waals surface area (Å²) in [4.78, 5) is 63.0. The maximum absolute atomic E-state index is 13.0. The van der Waals surface area contributed by atoms with Crippen LogP contribution in [-0.4, -0.2) is 143 Å². The second-order valence-corrected chi connectivity index (χ2v) is 28.0. The molecule has 4 aromatic carbocycles. The van der Waals surface area contributed by atoms with Crippen LogP contribution in [0, 0.1) is 0 Å². The highest BCUT2D eigenvalue weighted by molar-refractivity contribution is 5.68. The SMILES string of the molecule is CC(C)(C)OC(=O)NCCCC[C@H]1CN(Cc2ccccc2)[C@@H](CCCCNC(=O)OC(C)(C)C)CN(Cc2ccccc2)[C@@H](CCCCNC(=O)OC(C)(C)C)CN(Cc2ccccc2)[C@@H](CCCCNC(=O)OC(C)(C)C)CN1Cc1ccccc1. The monoisotopic (exact) mass is 1220 g/mol. The zero-order valence-electron chi connectivity index (χ0n) is 55.9. The molecule has 88 heavy (non-hydrogen) atoms. The molecule has 16 nitrogen and oxygen atoms in total. The molecular formula is C72H112N8O8. The summed E-state index contributed by atoms with van der Waals surface area (Å²) in [6.07, 6.45) is 8.62. The summed E-state index contributed by atoms with van der Waals surface area (Å²) in [5.74, 6) is 0. The fraction of sp³-hybridized carbons (Fsp3) is 0.611. The molecule has 0 saturated carbocycles. The molecule has 0 spiro atoms. The number of amides is 4. The van der Waals surface area contributed by atoms with Gasteiger partial charge in [-0.3, -0.25) is 19.6 Å². The third kappa shape index (κ3) is 31.3. The van der Waals surface area contributed by atoms with E-state index in [-0.39, 0.29) is 24.2 Å². The lowest BCUT2D eigenvalue weighted by Crippen LogP contribution is -2.57. The summed E-state index contributed by atoms with van der Waals surface area (Å²) in [6.45, 7) is 30.8. The Hall–Kier alpha value is -6.20. The van der Waals surface area contributed by atoms with Gasteiger partial charge in [-0.1, -0.05) is 147 Å². The van der Waals surface area contributed by atoms with Crippen molar-refractivity contribution in [2.24, 2.45) is 0 Å². The number of nitrogens with zero attached hydrogens (tertiary/aromatic N) is 4. The highest BCUT2D eigenvalue weighted by atomic mass is 16.6. The summed E-state index contributed by atoms with van der Waals surface area (Å²) >= 11 is 0. The lowest BCUT2D eigenvalue weighted by Gasteiger charge is -2.47. The zero-order chi connectivity index (χ0) is 64.0. The van der Waals surface area contributed by atoms with E-state index in [1.807, 2.05) is 83.1 Å². The summed E-state index contributed by atoms with van der Waals surface area (Å²) in [5, 5.41) is 12.2. The zero-order valence-corrected chi connectivity index (χ0v) is 55.9. The van der Waals surface area contributed by atoms with Crippen LogP contribution >= 0.6 is 0 Å². The Kier molecular flexibility index (Phi) is 30.6. The minimum atomic E-state index is -0.597. The van der Waals surface area contributed by atoms with Crippen molar-refractivity contribution in [3.8, 4) is 0 Å². The van der Waals surface area contributed by atoms with Crippen molar-refractivity contribution in [1.29, 1.82) is 0 Å². The van der Waals surface area contributed by atoms with Crippen LogP contribution in [0.15, 0.2) is 121 Å². The molecule has 0 bridgehead atoms. The van der Waals surface area contributed by atoms with Gasteiger partial charge in [-0.25, -0.2) is 19.2 Å². The van der Waals surface area contributed by atoms with E-state index in [0.717, 1.165) is 129 Å². The lowest BCUT2D eigenvalue weighted by atomic mass is 9.96. The molecule has 1 aliphatic rings. The van der Waals surface area contributed by atoms with Crippen LogP contribution in [-0.2, 0) is 45.1 Å². The lowest BCUT2D eigenvalue weighted by molar-refractivity contribution is 0.00946. The van der Waals surface area contributed by atoms with Crippen molar-refractivity contribution >= 4 is 24.4 Å². The predicted molar refractivity (Wildman–Crippen MR) is 355 cm³/mol. The summed E-state index contributed by atoms with van der Waals surface area (Å²) < 4.78 is 22.6. The number of rotatable bonds is 28. The quantitative estimate of drug-likeness (QED) is 0.0315. The van der Waals surface area contributed by atoms with Gasteiger partial charge in [0.2, 0.25) is 0 Å². The van der Waals surface area contributed by atoms with Crippen LogP contribution in [0.25, 0.3) is 0 Å². The Balaban J connectivity index is 1.69. The van der Waals surface area contributed by atoms with Gasteiger partial charge in [-0.15, -0.1) is 0 Å². The Labute approximate surface area is 529 Å². The molecule has 16 heteroatoms. The summed E-state index contributed by atoms with van der Waals surface area (Å²) in [5.41, 5.74) is 2.60. The number of hydrogen-bond acceptors (Lipinski definition) is 12. The van der Waals surface area contributed by atoms with Crippen molar-refractivity contribution in [1.82, 2.24) is 40.9 Å². The molecule has 4 N–H and O–H groups in total. The maximum atomic E-state index is 13.0. The Morgan fingerprint density at radius 2 is 0.500 bits per heavy atom. The molecule has 4 atom stereocenters. The van der Waals surface area contributed by atoms with Gasteiger partial charge in [0.05, 0.1) is 0 Å². The Morgan fingerprint density at radius 1 is 0.318 bits per heavy atom. The largest absolute Gasteiger partial charge is 0.444 e. The molecule has 0 unspecified atom stereocenters. The van der Waals surface area contributed by atoms with Crippen molar-refractivity contribution < 1.29 is 38.1 Å². The Morgan fingerprint density at radius 3 is 0.670 bits per heavy atom. The van der Waals surface area contributed by atoms with Crippen molar-refractivity contribution in [2.45, 2.75) is 233 Å². The first-order valence-electron chi connectivity index (χ1n) is 32.7. The van der Waals surface area contributed by atoms with Crippen LogP contribution in [0.4, 0.5) is 19.2 Å². The molecule has 4 aromatic rings. The topological polar surface area (TPSA) is 166 Å². The van der Waals surface area contributed by atoms with Crippen molar-refractivity contribution in [2.75, 3.05) is 52.4 Å². The van der Waals surface area contributed by atoms with E-state index >= 15 is 0 Å². The minimum Gasteiger partial charge on any atom is -0.444 e. The number of unbranched alkanes of at least 4 members (excludes halogenated alkanes) is 4. The fourth-order valence-electron chi connectivity index (χ4n) is 11.3. The molecule has 1 fully saturated rings. The third-order valence-electron chi connectivity index (χ3n) is 15.3. The van der Waals surface area contributed by atoms with Gasteiger partial charge in [-0.2, -0.15) is 0 Å². The molecule has 1 aliphatic heterocycles. The Bertz CT molecular complexity index is 2230. The summed E-state index contributed by atoms with van der Waals surface area (Å²) in [7, 11) is 0. The van der Waals surface area contributed by atoms with E-state index in [4.69, 9.17) is 18.9 Å². The molecule has 0 aromatic heterocycles. The maximum Gasteiger partial charge on any atom is 0.407 e.